The minimum absolute atomic E-state index is 0.0410. The van der Waals surface area contributed by atoms with E-state index in [2.05, 4.69) is 99.5 Å². The highest BCUT2D eigenvalue weighted by atomic mass is 15.1. The maximum absolute atomic E-state index is 2.40. The first-order chi connectivity index (χ1) is 10.2. The number of fused-ring (bicyclic) bond motifs is 3. The van der Waals surface area contributed by atoms with Crippen molar-refractivity contribution in [1.29, 1.82) is 0 Å². The van der Waals surface area contributed by atoms with Crippen LogP contribution in [0.5, 0.6) is 0 Å². The molecule has 0 saturated carbocycles. The molecule has 2 heteroatoms. The summed E-state index contributed by atoms with van der Waals surface area (Å²) in [6, 6.07) is 13.2. The lowest BCUT2D eigenvalue weighted by molar-refractivity contribution is -0.747. The zero-order chi connectivity index (χ0) is 16.1. The summed E-state index contributed by atoms with van der Waals surface area (Å²) in [5, 5.41) is 2.57. The highest BCUT2D eigenvalue weighted by molar-refractivity contribution is 5.98. The Kier molecular flexibility index (Phi) is 3.24. The first-order valence-electron chi connectivity index (χ1n) is 7.98. The Bertz CT molecular complexity index is 776. The van der Waals surface area contributed by atoms with E-state index >= 15 is 0 Å². The second-order valence-electron chi connectivity index (χ2n) is 8.04. The third-order valence-electron chi connectivity index (χ3n) is 4.16. The summed E-state index contributed by atoms with van der Waals surface area (Å²) < 4.78 is 4.79. The third kappa shape index (κ3) is 2.37. The summed E-state index contributed by atoms with van der Waals surface area (Å²) in [4.78, 5) is 0. The second kappa shape index (κ2) is 4.77. The number of benzene rings is 1. The zero-order valence-electron chi connectivity index (χ0n) is 14.5. The second-order valence-corrected chi connectivity index (χ2v) is 8.04. The van der Waals surface area contributed by atoms with Crippen LogP contribution in [0, 0.1) is 0 Å². The molecule has 2 heterocycles. The smallest absolute Gasteiger partial charge is 0.188 e. The summed E-state index contributed by atoms with van der Waals surface area (Å²) in [5.41, 5.74) is 2.70. The molecule has 1 aromatic carbocycles. The van der Waals surface area contributed by atoms with Crippen LogP contribution in [0.25, 0.3) is 21.8 Å². The van der Waals surface area contributed by atoms with Crippen molar-refractivity contribution in [2.24, 2.45) is 0 Å². The van der Waals surface area contributed by atoms with Gasteiger partial charge in [-0.3, -0.25) is 0 Å². The molecule has 0 fully saturated rings. The van der Waals surface area contributed by atoms with Gasteiger partial charge in [0, 0.05) is 53.7 Å². The van der Waals surface area contributed by atoms with Crippen molar-refractivity contribution >= 4 is 21.8 Å². The predicted molar refractivity (Wildman–Crippen MR) is 91.8 cm³/mol. The van der Waals surface area contributed by atoms with Crippen molar-refractivity contribution in [3.05, 3.63) is 48.8 Å². The SMILES string of the molecule is CC(C)(C)[n+]1cccc2ccc3ccc[n+](C(C)(C)C)c3c21. The molecule has 0 unspecified atom stereocenters. The van der Waals surface area contributed by atoms with Crippen molar-refractivity contribution < 1.29 is 9.13 Å². The minimum atomic E-state index is 0.0410. The molecule has 0 N–H and O–H groups in total. The summed E-state index contributed by atoms with van der Waals surface area (Å²) in [5.74, 6) is 0. The molecular formula is C20H26N2+2. The molecule has 0 aliphatic carbocycles. The van der Waals surface area contributed by atoms with Crippen LogP contribution in [0.4, 0.5) is 0 Å². The first-order valence-corrected chi connectivity index (χ1v) is 7.98. The molecule has 2 aromatic heterocycles. The van der Waals surface area contributed by atoms with E-state index in [0.717, 1.165) is 0 Å². The van der Waals surface area contributed by atoms with Crippen molar-refractivity contribution in [1.82, 2.24) is 0 Å². The average molecular weight is 294 g/mol. The number of pyridine rings is 2. The van der Waals surface area contributed by atoms with Crippen molar-refractivity contribution in [3.63, 3.8) is 0 Å². The van der Waals surface area contributed by atoms with Gasteiger partial charge in [0.25, 0.3) is 11.0 Å². The summed E-state index contributed by atoms with van der Waals surface area (Å²) in [6.45, 7) is 13.6. The highest BCUT2D eigenvalue weighted by Gasteiger charge is 2.32. The number of rotatable bonds is 0. The lowest BCUT2D eigenvalue weighted by atomic mass is 10.0. The summed E-state index contributed by atoms with van der Waals surface area (Å²) in [7, 11) is 0. The molecule has 0 amide bonds. The molecule has 0 radical (unpaired) electrons. The van der Waals surface area contributed by atoms with Crippen molar-refractivity contribution in [2.45, 2.75) is 52.6 Å². The number of aromatic nitrogens is 2. The third-order valence-corrected chi connectivity index (χ3v) is 4.16. The first kappa shape index (κ1) is 15.0. The van der Waals surface area contributed by atoms with Crippen LogP contribution in [0.3, 0.4) is 0 Å². The monoisotopic (exact) mass is 294 g/mol. The molecule has 0 atom stereocenters. The van der Waals surface area contributed by atoms with E-state index in [-0.39, 0.29) is 11.1 Å². The van der Waals surface area contributed by atoms with Gasteiger partial charge in [-0.1, -0.05) is 0 Å². The number of hydrogen-bond acceptors (Lipinski definition) is 0. The molecular weight excluding hydrogens is 268 g/mol. The quantitative estimate of drug-likeness (QED) is 0.436. The molecule has 114 valence electrons. The summed E-state index contributed by atoms with van der Waals surface area (Å²) >= 11 is 0. The van der Waals surface area contributed by atoms with Crippen LogP contribution in [0.15, 0.2) is 48.8 Å². The molecule has 3 aromatic rings. The Morgan fingerprint density at radius 2 is 0.955 bits per heavy atom. The van der Waals surface area contributed by atoms with Gasteiger partial charge in [-0.15, -0.1) is 0 Å². The lowest BCUT2D eigenvalue weighted by Crippen LogP contribution is -2.54. The molecule has 0 bridgehead atoms. The fourth-order valence-electron chi connectivity index (χ4n) is 3.12. The molecule has 0 aliphatic heterocycles. The Balaban J connectivity index is 2.59. The van der Waals surface area contributed by atoms with Crippen LogP contribution in [-0.4, -0.2) is 0 Å². The minimum Gasteiger partial charge on any atom is -0.188 e. The lowest BCUT2D eigenvalue weighted by Gasteiger charge is -2.18. The van der Waals surface area contributed by atoms with Gasteiger partial charge in [-0.05, 0) is 24.3 Å². The van der Waals surface area contributed by atoms with Crippen LogP contribution in [0.2, 0.25) is 0 Å². The Morgan fingerprint density at radius 3 is 1.27 bits per heavy atom. The van der Waals surface area contributed by atoms with E-state index < -0.39 is 0 Å². The van der Waals surface area contributed by atoms with E-state index in [4.69, 9.17) is 0 Å². The molecule has 0 saturated heterocycles. The normalized spacial score (nSPS) is 13.0. The Hall–Kier alpha value is -1.96. The van der Waals surface area contributed by atoms with Gasteiger partial charge in [-0.2, -0.15) is 9.13 Å². The van der Waals surface area contributed by atoms with Gasteiger partial charge in [-0.25, -0.2) is 0 Å². The zero-order valence-corrected chi connectivity index (χ0v) is 14.5. The maximum Gasteiger partial charge on any atom is 0.285 e. The van der Waals surface area contributed by atoms with Gasteiger partial charge in [0.2, 0.25) is 0 Å². The summed E-state index contributed by atoms with van der Waals surface area (Å²) in [6.07, 6.45) is 4.39. The predicted octanol–water partition coefficient (Wildman–Crippen LogP) is 4.08. The fraction of sp³-hybridized carbons (Fsp3) is 0.400. The van der Waals surface area contributed by atoms with Gasteiger partial charge in [0.05, 0.1) is 10.8 Å². The van der Waals surface area contributed by atoms with E-state index in [1.54, 1.807) is 0 Å². The van der Waals surface area contributed by atoms with Crippen LogP contribution < -0.4 is 9.13 Å². The van der Waals surface area contributed by atoms with E-state index in [1.165, 1.54) is 21.8 Å². The fourth-order valence-corrected chi connectivity index (χ4v) is 3.12. The maximum atomic E-state index is 2.40. The van der Waals surface area contributed by atoms with Gasteiger partial charge < -0.3 is 0 Å². The largest absolute Gasteiger partial charge is 0.285 e. The van der Waals surface area contributed by atoms with E-state index in [1.807, 2.05) is 0 Å². The van der Waals surface area contributed by atoms with Crippen LogP contribution in [0.1, 0.15) is 41.5 Å². The molecule has 2 nitrogen and oxygen atoms in total. The topological polar surface area (TPSA) is 7.76 Å². The Morgan fingerprint density at radius 1 is 0.591 bits per heavy atom. The number of hydrogen-bond donors (Lipinski definition) is 0. The van der Waals surface area contributed by atoms with Crippen molar-refractivity contribution in [2.75, 3.05) is 0 Å². The van der Waals surface area contributed by atoms with Crippen LogP contribution >= 0.6 is 0 Å². The Labute approximate surface area is 133 Å². The van der Waals surface area contributed by atoms with Gasteiger partial charge in [0.1, 0.15) is 0 Å². The van der Waals surface area contributed by atoms with Gasteiger partial charge in [0.15, 0.2) is 23.5 Å². The highest BCUT2D eigenvalue weighted by Crippen LogP contribution is 2.23. The van der Waals surface area contributed by atoms with E-state index in [0.29, 0.717) is 0 Å². The molecule has 0 aliphatic rings. The van der Waals surface area contributed by atoms with Crippen molar-refractivity contribution in [3.8, 4) is 0 Å². The average Bonchev–Trinajstić information content (AvgIpc) is 2.43. The van der Waals surface area contributed by atoms with E-state index in [9.17, 15) is 0 Å². The molecule has 0 spiro atoms. The van der Waals surface area contributed by atoms with Gasteiger partial charge >= 0.3 is 0 Å². The van der Waals surface area contributed by atoms with Crippen LogP contribution in [-0.2, 0) is 11.1 Å². The molecule has 3 rings (SSSR count). The standard InChI is InChI=1S/C20H26N2/c1-19(2,3)21-13-7-9-15-11-12-16-10-8-14-22(20(4,5)6)18(16)17(15)21/h7-14H,1-6H3/q+2. The number of nitrogens with zero attached hydrogens (tertiary/aromatic N) is 2. The molecule has 22 heavy (non-hydrogen) atoms.